The van der Waals surface area contributed by atoms with Gasteiger partial charge in [-0.3, -0.25) is 4.79 Å². The predicted octanol–water partition coefficient (Wildman–Crippen LogP) is 9.13. The number of hydrogen-bond donors (Lipinski definition) is 2. The quantitative estimate of drug-likeness (QED) is 0.249. The van der Waals surface area contributed by atoms with E-state index in [1.165, 1.54) is 24.3 Å². The van der Waals surface area contributed by atoms with Gasteiger partial charge in [0, 0.05) is 11.5 Å². The molecule has 0 bridgehead atoms. The fourth-order valence-electron chi connectivity index (χ4n) is 11.1. The third-order valence-corrected chi connectivity index (χ3v) is 14.6. The van der Waals surface area contributed by atoms with Crippen molar-refractivity contribution in [2.45, 2.75) is 112 Å². The molecule has 3 saturated carbocycles. The minimum atomic E-state index is -0.653. The van der Waals surface area contributed by atoms with Crippen molar-refractivity contribution in [3.63, 3.8) is 0 Å². The van der Waals surface area contributed by atoms with E-state index in [0.29, 0.717) is 17.6 Å². The number of aliphatic carboxylic acids is 1. The molecule has 250 valence electrons. The molecule has 0 spiro atoms. The summed E-state index contributed by atoms with van der Waals surface area (Å²) in [5.74, 6) is 0.118. The van der Waals surface area contributed by atoms with E-state index in [9.17, 15) is 19.8 Å². The van der Waals surface area contributed by atoms with Gasteiger partial charge in [-0.1, -0.05) is 59.8 Å². The summed E-state index contributed by atoms with van der Waals surface area (Å²) < 4.78 is 11.4. The van der Waals surface area contributed by atoms with Crippen LogP contribution in [0.15, 0.2) is 47.6 Å². The Balaban J connectivity index is 1.25. The number of allylic oxidation sites excluding steroid dienone is 4. The molecule has 6 rings (SSSR count). The number of benzene rings is 1. The maximum Gasteiger partial charge on any atom is 0.331 e. The van der Waals surface area contributed by atoms with Crippen LogP contribution < -0.4 is 4.74 Å². The normalized spacial score (nSPS) is 41.2. The average Bonchev–Trinajstić information content (AvgIpc) is 3.00. The predicted molar refractivity (Wildman–Crippen MR) is 180 cm³/mol. The second kappa shape index (κ2) is 10.8. The van der Waals surface area contributed by atoms with Crippen molar-refractivity contribution in [3.8, 4) is 11.5 Å². The number of phenols is 1. The molecule has 0 unspecified atom stereocenters. The zero-order chi connectivity index (χ0) is 33.5. The minimum Gasteiger partial charge on any atom is -0.504 e. The summed E-state index contributed by atoms with van der Waals surface area (Å²) in [6.45, 7) is 16.4. The van der Waals surface area contributed by atoms with Crippen molar-refractivity contribution in [2.24, 2.45) is 44.3 Å². The van der Waals surface area contributed by atoms with Gasteiger partial charge in [0.05, 0.1) is 12.5 Å². The highest BCUT2D eigenvalue weighted by Crippen LogP contribution is 2.74. The topological polar surface area (TPSA) is 93.1 Å². The first-order valence-corrected chi connectivity index (χ1v) is 17.3. The minimum absolute atomic E-state index is 0.00115. The van der Waals surface area contributed by atoms with E-state index in [1.807, 2.05) is 6.92 Å². The first-order chi connectivity index (χ1) is 21.4. The Hall–Kier alpha value is -3.02. The van der Waals surface area contributed by atoms with Gasteiger partial charge in [0.15, 0.2) is 11.5 Å². The lowest BCUT2D eigenvalue weighted by atomic mass is 9.35. The third-order valence-electron chi connectivity index (χ3n) is 14.6. The zero-order valence-corrected chi connectivity index (χ0v) is 29.2. The van der Waals surface area contributed by atoms with Gasteiger partial charge < -0.3 is 19.7 Å². The number of carbonyl (C=O) groups excluding carboxylic acids is 1. The zero-order valence-electron chi connectivity index (χ0n) is 29.2. The van der Waals surface area contributed by atoms with Gasteiger partial charge in [-0.05, 0) is 133 Å². The number of esters is 1. The Labute approximate surface area is 275 Å². The molecule has 1 aromatic carbocycles. The SMILES string of the molecule is COc1cc(/C=C/C(=O)O[C@@H]2CC[C@]3(C)C4=CC[C@@]5(C)[C@@H]6C[C@](C)(C(=O)O)CC[C@]6(C)CC[C@]5(C)C4=CC[C@H]3C2(C)C)ccc1O. The van der Waals surface area contributed by atoms with Crippen LogP contribution in [0.1, 0.15) is 112 Å². The van der Waals surface area contributed by atoms with Crippen LogP contribution in [0.4, 0.5) is 0 Å². The van der Waals surface area contributed by atoms with E-state index in [0.717, 1.165) is 63.4 Å². The number of carboxylic acids is 1. The fourth-order valence-corrected chi connectivity index (χ4v) is 11.1. The van der Waals surface area contributed by atoms with Crippen molar-refractivity contribution in [3.05, 3.63) is 53.1 Å². The summed E-state index contributed by atoms with van der Waals surface area (Å²) in [6, 6.07) is 4.98. The number of carboxylic acid groups (broad SMARTS) is 1. The maximum atomic E-state index is 13.1. The largest absolute Gasteiger partial charge is 0.504 e. The number of carbonyl (C=O) groups is 2. The van der Waals surface area contributed by atoms with E-state index in [-0.39, 0.29) is 44.9 Å². The van der Waals surface area contributed by atoms with Crippen molar-refractivity contribution in [1.82, 2.24) is 0 Å². The molecule has 0 saturated heterocycles. The van der Waals surface area contributed by atoms with Crippen molar-refractivity contribution in [1.29, 1.82) is 0 Å². The summed E-state index contributed by atoms with van der Waals surface area (Å²) >= 11 is 0. The molecule has 5 aliphatic rings. The standard InChI is InChI=1S/C40H54O6/c1-35(2)30-13-11-27-26(15-18-40(7)31-24-37(4,34(43)44)20-19-36(31,3)21-22-39(27,40)6)38(30,5)17-16-32(35)46-33(42)14-10-25-9-12-28(41)29(23-25)45-8/h9-12,14-15,23,30-32,41H,13,16-22,24H2,1-8H3,(H,43,44)/b14-10+/t30-,31+,32+,36+,37+,38+,39+,40-/m0/s1. The average molecular weight is 631 g/mol. The molecule has 6 heteroatoms. The second-order valence-corrected chi connectivity index (χ2v) is 17.2. The summed E-state index contributed by atoms with van der Waals surface area (Å²) in [5.41, 5.74) is 3.07. The highest BCUT2D eigenvalue weighted by molar-refractivity contribution is 5.87. The van der Waals surface area contributed by atoms with Crippen LogP contribution in [-0.2, 0) is 14.3 Å². The van der Waals surface area contributed by atoms with Gasteiger partial charge in [-0.2, -0.15) is 0 Å². The molecule has 0 aromatic heterocycles. The molecule has 0 heterocycles. The van der Waals surface area contributed by atoms with Gasteiger partial charge in [0.25, 0.3) is 0 Å². The Morgan fingerprint density at radius 3 is 2.33 bits per heavy atom. The lowest BCUT2D eigenvalue weighted by molar-refractivity contribution is -0.172. The molecular weight excluding hydrogens is 576 g/mol. The molecular formula is C40H54O6. The highest BCUT2D eigenvalue weighted by Gasteiger charge is 2.66. The van der Waals surface area contributed by atoms with Crippen LogP contribution in [0.2, 0.25) is 0 Å². The molecule has 8 atom stereocenters. The van der Waals surface area contributed by atoms with E-state index < -0.39 is 11.4 Å². The molecule has 1 aromatic rings. The lowest BCUT2D eigenvalue weighted by Crippen LogP contribution is -2.61. The Morgan fingerprint density at radius 1 is 0.913 bits per heavy atom. The van der Waals surface area contributed by atoms with Crippen molar-refractivity contribution >= 4 is 18.0 Å². The number of fused-ring (bicyclic) bond motifs is 7. The van der Waals surface area contributed by atoms with Gasteiger partial charge in [-0.15, -0.1) is 0 Å². The molecule has 0 amide bonds. The molecule has 2 N–H and O–H groups in total. The Morgan fingerprint density at radius 2 is 1.63 bits per heavy atom. The molecule has 5 aliphatic carbocycles. The summed E-state index contributed by atoms with van der Waals surface area (Å²) in [4.78, 5) is 25.5. The number of hydrogen-bond acceptors (Lipinski definition) is 5. The van der Waals surface area contributed by atoms with E-state index >= 15 is 0 Å². The van der Waals surface area contributed by atoms with E-state index in [2.05, 4.69) is 53.7 Å². The number of ether oxygens (including phenoxy) is 2. The number of phenolic OH excluding ortho intramolecular Hbond substituents is 1. The lowest BCUT2D eigenvalue weighted by Gasteiger charge is -2.68. The van der Waals surface area contributed by atoms with Crippen LogP contribution in [0.25, 0.3) is 6.08 Å². The van der Waals surface area contributed by atoms with Crippen LogP contribution in [0.5, 0.6) is 11.5 Å². The first-order valence-electron chi connectivity index (χ1n) is 17.3. The summed E-state index contributed by atoms with van der Waals surface area (Å²) in [7, 11) is 1.50. The molecule has 6 nitrogen and oxygen atoms in total. The van der Waals surface area contributed by atoms with E-state index in [4.69, 9.17) is 9.47 Å². The smallest absolute Gasteiger partial charge is 0.331 e. The Bertz CT molecular complexity index is 1530. The molecule has 46 heavy (non-hydrogen) atoms. The van der Waals surface area contributed by atoms with Gasteiger partial charge in [0.1, 0.15) is 6.10 Å². The van der Waals surface area contributed by atoms with Crippen LogP contribution in [0, 0.1) is 44.3 Å². The summed E-state index contributed by atoms with van der Waals surface area (Å²) in [6.07, 6.45) is 16.6. The highest BCUT2D eigenvalue weighted by atomic mass is 16.5. The van der Waals surface area contributed by atoms with E-state index in [1.54, 1.807) is 24.3 Å². The van der Waals surface area contributed by atoms with Crippen LogP contribution in [-0.4, -0.2) is 35.4 Å². The maximum absolute atomic E-state index is 13.1. The van der Waals surface area contributed by atoms with Gasteiger partial charge in [0.2, 0.25) is 0 Å². The molecule has 0 radical (unpaired) electrons. The summed E-state index contributed by atoms with van der Waals surface area (Å²) in [5, 5.41) is 20.1. The van der Waals surface area contributed by atoms with Crippen molar-refractivity contribution in [2.75, 3.05) is 7.11 Å². The second-order valence-electron chi connectivity index (χ2n) is 17.2. The van der Waals surface area contributed by atoms with Gasteiger partial charge >= 0.3 is 11.9 Å². The number of rotatable bonds is 5. The fraction of sp³-hybridized carbons (Fsp3) is 0.650. The van der Waals surface area contributed by atoms with Crippen LogP contribution >= 0.6 is 0 Å². The van der Waals surface area contributed by atoms with Crippen molar-refractivity contribution < 1.29 is 29.3 Å². The molecule has 0 aliphatic heterocycles. The first kappa shape index (κ1) is 32.9. The Kier molecular flexibility index (Phi) is 7.69. The van der Waals surface area contributed by atoms with Crippen LogP contribution in [0.3, 0.4) is 0 Å². The molecule has 3 fully saturated rings. The number of methoxy groups -OCH3 is 1. The van der Waals surface area contributed by atoms with Gasteiger partial charge in [-0.25, -0.2) is 4.79 Å². The number of aromatic hydroxyl groups is 1. The third kappa shape index (κ3) is 4.71. The monoisotopic (exact) mass is 630 g/mol.